The second-order valence-corrected chi connectivity index (χ2v) is 4.27. The molecule has 0 saturated heterocycles. The van der Waals surface area contributed by atoms with E-state index >= 15 is 0 Å². The van der Waals surface area contributed by atoms with Gasteiger partial charge in [-0.3, -0.25) is 4.79 Å². The van der Waals surface area contributed by atoms with Crippen LogP contribution in [-0.4, -0.2) is 42.4 Å². The number of fused-ring (bicyclic) bond motifs is 1. The molecule has 0 aliphatic heterocycles. The quantitative estimate of drug-likeness (QED) is 0.636. The monoisotopic (exact) mass is 236 g/mol. The Kier molecular flexibility index (Phi) is 2.23. The van der Waals surface area contributed by atoms with E-state index in [1.165, 1.54) is 6.33 Å². The maximum Gasteiger partial charge on any atom is 0.278 e. The summed E-state index contributed by atoms with van der Waals surface area (Å²) in [5.41, 5.74) is 0.552. The third-order valence-corrected chi connectivity index (χ3v) is 3.21. The minimum atomic E-state index is -0.723. The van der Waals surface area contributed by atoms with E-state index in [0.717, 1.165) is 6.42 Å². The summed E-state index contributed by atoms with van der Waals surface area (Å²) in [5.74, 6) is 0.0125. The predicted molar refractivity (Wildman–Crippen MR) is 58.4 cm³/mol. The van der Waals surface area contributed by atoms with Crippen LogP contribution in [0.2, 0.25) is 0 Å². The van der Waals surface area contributed by atoms with Crippen LogP contribution in [0.25, 0.3) is 11.2 Å². The standard InChI is InChI=1S/C10H12N4O3/c15-2-7(16)5-1-6(5)14-4-13-8-9(14)11-3-12-10(8)17/h3-7,15-16H,1-2H2,(H,11,12,17)/t5-,6+,7-/m1/s1. The lowest BCUT2D eigenvalue weighted by Gasteiger charge is -2.06. The first-order valence-corrected chi connectivity index (χ1v) is 5.41. The summed E-state index contributed by atoms with van der Waals surface area (Å²) in [6.45, 7) is -0.248. The van der Waals surface area contributed by atoms with Gasteiger partial charge in [0.25, 0.3) is 5.56 Å². The smallest absolute Gasteiger partial charge is 0.278 e. The van der Waals surface area contributed by atoms with E-state index in [0.29, 0.717) is 11.2 Å². The molecule has 0 bridgehead atoms. The molecule has 0 spiro atoms. The maximum absolute atomic E-state index is 11.4. The minimum Gasteiger partial charge on any atom is -0.394 e. The molecule has 0 unspecified atom stereocenters. The number of imidazole rings is 1. The zero-order valence-electron chi connectivity index (χ0n) is 8.95. The number of hydrogen-bond donors (Lipinski definition) is 3. The average Bonchev–Trinajstić information content (AvgIpc) is 3.01. The fourth-order valence-corrected chi connectivity index (χ4v) is 2.17. The number of aliphatic hydroxyl groups is 2. The summed E-state index contributed by atoms with van der Waals surface area (Å²) in [6.07, 6.45) is 2.94. The average molecular weight is 236 g/mol. The maximum atomic E-state index is 11.4. The summed E-state index contributed by atoms with van der Waals surface area (Å²) in [4.78, 5) is 22.0. The SMILES string of the molecule is O=c1[nH]cnc2c1ncn2[C@H]1C[C@H]1[C@H](O)CO. The molecule has 2 aromatic heterocycles. The Balaban J connectivity index is 1.98. The Bertz CT molecular complexity index is 605. The molecular weight excluding hydrogens is 224 g/mol. The summed E-state index contributed by atoms with van der Waals surface area (Å²) in [5, 5.41) is 18.4. The molecule has 90 valence electrons. The molecule has 2 aromatic rings. The van der Waals surface area contributed by atoms with Crippen molar-refractivity contribution in [1.82, 2.24) is 19.5 Å². The van der Waals surface area contributed by atoms with Crippen LogP contribution in [0.4, 0.5) is 0 Å². The highest BCUT2D eigenvalue weighted by Crippen LogP contribution is 2.46. The van der Waals surface area contributed by atoms with Gasteiger partial charge < -0.3 is 19.8 Å². The molecule has 3 atom stereocenters. The summed E-state index contributed by atoms with van der Waals surface area (Å²) >= 11 is 0. The topological polar surface area (TPSA) is 104 Å². The third-order valence-electron chi connectivity index (χ3n) is 3.21. The van der Waals surface area contributed by atoms with E-state index in [1.54, 1.807) is 10.9 Å². The Hall–Kier alpha value is -1.73. The van der Waals surface area contributed by atoms with Crippen molar-refractivity contribution in [3.63, 3.8) is 0 Å². The zero-order chi connectivity index (χ0) is 12.0. The number of H-pyrrole nitrogens is 1. The van der Waals surface area contributed by atoms with Crippen molar-refractivity contribution in [2.24, 2.45) is 5.92 Å². The van der Waals surface area contributed by atoms with Gasteiger partial charge in [-0.1, -0.05) is 0 Å². The van der Waals surface area contributed by atoms with Crippen LogP contribution >= 0.6 is 0 Å². The molecule has 0 aromatic carbocycles. The van der Waals surface area contributed by atoms with Crippen molar-refractivity contribution in [3.05, 3.63) is 23.0 Å². The number of hydrogen-bond acceptors (Lipinski definition) is 5. The summed E-state index contributed by atoms with van der Waals surface area (Å²) in [6, 6.07) is 0.0662. The van der Waals surface area contributed by atoms with Crippen molar-refractivity contribution in [3.8, 4) is 0 Å². The number of aromatic amines is 1. The van der Waals surface area contributed by atoms with Crippen LogP contribution < -0.4 is 5.56 Å². The second kappa shape index (κ2) is 3.64. The molecule has 0 radical (unpaired) electrons. The minimum absolute atomic E-state index is 0.0125. The molecule has 3 N–H and O–H groups in total. The molecule has 1 saturated carbocycles. The molecule has 17 heavy (non-hydrogen) atoms. The van der Waals surface area contributed by atoms with Crippen molar-refractivity contribution in [2.75, 3.05) is 6.61 Å². The Morgan fingerprint density at radius 2 is 2.41 bits per heavy atom. The van der Waals surface area contributed by atoms with Gasteiger partial charge >= 0.3 is 0 Å². The van der Waals surface area contributed by atoms with Crippen molar-refractivity contribution < 1.29 is 10.2 Å². The van der Waals surface area contributed by atoms with Gasteiger partial charge in [-0.05, 0) is 6.42 Å². The van der Waals surface area contributed by atoms with E-state index in [9.17, 15) is 9.90 Å². The van der Waals surface area contributed by atoms with Gasteiger partial charge in [0, 0.05) is 12.0 Å². The van der Waals surface area contributed by atoms with Gasteiger partial charge in [0.1, 0.15) is 0 Å². The Morgan fingerprint density at radius 3 is 3.18 bits per heavy atom. The number of nitrogens with one attached hydrogen (secondary N) is 1. The lowest BCUT2D eigenvalue weighted by molar-refractivity contribution is 0.0742. The summed E-state index contributed by atoms with van der Waals surface area (Å²) < 4.78 is 1.79. The molecule has 1 aliphatic carbocycles. The van der Waals surface area contributed by atoms with Crippen LogP contribution in [0.3, 0.4) is 0 Å². The van der Waals surface area contributed by atoms with Crippen LogP contribution in [-0.2, 0) is 0 Å². The fraction of sp³-hybridized carbons (Fsp3) is 0.500. The first kappa shape index (κ1) is 10.4. The molecule has 7 nitrogen and oxygen atoms in total. The van der Waals surface area contributed by atoms with E-state index in [4.69, 9.17) is 5.11 Å². The van der Waals surface area contributed by atoms with Gasteiger partial charge in [-0.25, -0.2) is 9.97 Å². The summed E-state index contributed by atoms with van der Waals surface area (Å²) in [7, 11) is 0. The van der Waals surface area contributed by atoms with Crippen molar-refractivity contribution >= 4 is 11.2 Å². The number of aromatic nitrogens is 4. The number of rotatable bonds is 3. The largest absolute Gasteiger partial charge is 0.394 e. The molecule has 1 aliphatic rings. The van der Waals surface area contributed by atoms with Crippen LogP contribution in [0.15, 0.2) is 17.4 Å². The van der Waals surface area contributed by atoms with Gasteiger partial charge in [0.15, 0.2) is 11.2 Å². The first-order chi connectivity index (χ1) is 8.22. The van der Waals surface area contributed by atoms with Crippen LogP contribution in [0.1, 0.15) is 12.5 Å². The van der Waals surface area contributed by atoms with E-state index in [-0.39, 0.29) is 24.1 Å². The second-order valence-electron chi connectivity index (χ2n) is 4.27. The number of nitrogens with zero attached hydrogens (tertiary/aromatic N) is 3. The molecule has 0 amide bonds. The van der Waals surface area contributed by atoms with E-state index in [2.05, 4.69) is 15.0 Å². The molecule has 3 rings (SSSR count). The van der Waals surface area contributed by atoms with Gasteiger partial charge in [0.05, 0.1) is 25.4 Å². The van der Waals surface area contributed by atoms with Crippen LogP contribution in [0.5, 0.6) is 0 Å². The molecule has 7 heteroatoms. The normalized spacial score (nSPS) is 25.1. The lowest BCUT2D eigenvalue weighted by atomic mass is 10.2. The highest BCUT2D eigenvalue weighted by atomic mass is 16.3. The fourth-order valence-electron chi connectivity index (χ4n) is 2.17. The van der Waals surface area contributed by atoms with Crippen LogP contribution in [0, 0.1) is 5.92 Å². The van der Waals surface area contributed by atoms with Crippen molar-refractivity contribution in [2.45, 2.75) is 18.6 Å². The van der Waals surface area contributed by atoms with Gasteiger partial charge in [-0.2, -0.15) is 0 Å². The van der Waals surface area contributed by atoms with Crippen molar-refractivity contribution in [1.29, 1.82) is 0 Å². The molecular formula is C10H12N4O3. The highest BCUT2D eigenvalue weighted by Gasteiger charge is 2.44. The molecule has 2 heterocycles. The molecule has 1 fully saturated rings. The first-order valence-electron chi connectivity index (χ1n) is 5.41. The Morgan fingerprint density at radius 1 is 1.59 bits per heavy atom. The lowest BCUT2D eigenvalue weighted by Crippen LogP contribution is -2.16. The zero-order valence-corrected chi connectivity index (χ0v) is 8.95. The van der Waals surface area contributed by atoms with E-state index in [1.807, 2.05) is 0 Å². The van der Waals surface area contributed by atoms with Gasteiger partial charge in [0.2, 0.25) is 0 Å². The Labute approximate surface area is 95.8 Å². The highest BCUT2D eigenvalue weighted by molar-refractivity contribution is 5.69. The number of aliphatic hydroxyl groups excluding tert-OH is 2. The van der Waals surface area contributed by atoms with Gasteiger partial charge in [-0.15, -0.1) is 0 Å². The third kappa shape index (κ3) is 1.55. The van der Waals surface area contributed by atoms with E-state index < -0.39 is 6.10 Å². The predicted octanol–water partition coefficient (Wildman–Crippen LogP) is -0.966.